The highest BCUT2D eigenvalue weighted by molar-refractivity contribution is 5.04. The number of hydrogen-bond acceptors (Lipinski definition) is 3. The average Bonchev–Trinajstić information content (AvgIpc) is 3.24. The molecular formula is C17H33N3. The number of piperidine rings is 1. The molecular weight excluding hydrogens is 246 g/mol. The summed E-state index contributed by atoms with van der Waals surface area (Å²) in [5.41, 5.74) is 0.395. The van der Waals surface area contributed by atoms with Crippen LogP contribution in [0, 0.1) is 11.8 Å². The van der Waals surface area contributed by atoms with E-state index >= 15 is 0 Å². The third-order valence-electron chi connectivity index (χ3n) is 5.95. The molecule has 2 saturated heterocycles. The van der Waals surface area contributed by atoms with Crippen LogP contribution in [0.15, 0.2) is 0 Å². The molecule has 0 spiro atoms. The first kappa shape index (κ1) is 14.8. The number of likely N-dealkylation sites (tertiary alicyclic amines) is 1. The Morgan fingerprint density at radius 2 is 2.05 bits per heavy atom. The van der Waals surface area contributed by atoms with Gasteiger partial charge in [-0.1, -0.05) is 6.92 Å². The Morgan fingerprint density at radius 3 is 2.70 bits per heavy atom. The molecule has 1 saturated carbocycles. The largest absolute Gasteiger partial charge is 0.308 e. The van der Waals surface area contributed by atoms with E-state index < -0.39 is 0 Å². The zero-order chi connectivity index (χ0) is 14.2. The van der Waals surface area contributed by atoms with Crippen molar-refractivity contribution >= 4 is 0 Å². The molecule has 3 atom stereocenters. The fourth-order valence-corrected chi connectivity index (χ4v) is 4.45. The van der Waals surface area contributed by atoms with E-state index in [1.54, 1.807) is 0 Å². The maximum absolute atomic E-state index is 3.88. The van der Waals surface area contributed by atoms with Crippen molar-refractivity contribution in [3.63, 3.8) is 0 Å². The highest BCUT2D eigenvalue weighted by atomic mass is 15.3. The number of nitrogens with one attached hydrogen (secondary N) is 1. The van der Waals surface area contributed by atoms with Crippen LogP contribution in [0.5, 0.6) is 0 Å². The van der Waals surface area contributed by atoms with E-state index in [1.165, 1.54) is 64.8 Å². The lowest BCUT2D eigenvalue weighted by Gasteiger charge is -2.48. The second kappa shape index (κ2) is 5.94. The molecule has 3 nitrogen and oxygen atoms in total. The lowest BCUT2D eigenvalue weighted by molar-refractivity contribution is 0.0464. The van der Waals surface area contributed by atoms with Gasteiger partial charge in [0.05, 0.1) is 0 Å². The van der Waals surface area contributed by atoms with Gasteiger partial charge in [0.15, 0.2) is 0 Å². The number of piperazine rings is 1. The molecule has 0 aromatic heterocycles. The Bertz CT molecular complexity index is 328. The summed E-state index contributed by atoms with van der Waals surface area (Å²) >= 11 is 0. The molecule has 3 aliphatic rings. The Kier molecular flexibility index (Phi) is 4.40. The van der Waals surface area contributed by atoms with E-state index in [9.17, 15) is 0 Å². The summed E-state index contributed by atoms with van der Waals surface area (Å²) in [6, 6.07) is 0.758. The van der Waals surface area contributed by atoms with Crippen LogP contribution in [0.1, 0.15) is 46.0 Å². The molecule has 20 heavy (non-hydrogen) atoms. The van der Waals surface area contributed by atoms with Crippen molar-refractivity contribution in [3.8, 4) is 0 Å². The molecule has 0 radical (unpaired) electrons. The van der Waals surface area contributed by atoms with Crippen LogP contribution >= 0.6 is 0 Å². The molecule has 0 aromatic rings. The normalized spacial score (nSPS) is 41.0. The summed E-state index contributed by atoms with van der Waals surface area (Å²) < 4.78 is 0. The Morgan fingerprint density at radius 1 is 1.25 bits per heavy atom. The minimum Gasteiger partial charge on any atom is -0.308 e. The minimum atomic E-state index is 0.395. The molecule has 1 N–H and O–H groups in total. The van der Waals surface area contributed by atoms with Gasteiger partial charge in [0.25, 0.3) is 0 Å². The quantitative estimate of drug-likeness (QED) is 0.851. The van der Waals surface area contributed by atoms with Crippen LogP contribution in [-0.2, 0) is 0 Å². The molecule has 116 valence electrons. The molecule has 3 heteroatoms. The van der Waals surface area contributed by atoms with E-state index in [0.29, 0.717) is 5.54 Å². The van der Waals surface area contributed by atoms with Crippen molar-refractivity contribution in [1.82, 2.24) is 15.1 Å². The Balaban J connectivity index is 1.61. The summed E-state index contributed by atoms with van der Waals surface area (Å²) in [4.78, 5) is 5.36. The maximum Gasteiger partial charge on any atom is 0.0309 e. The van der Waals surface area contributed by atoms with E-state index in [1.807, 2.05) is 0 Å². The van der Waals surface area contributed by atoms with Crippen LogP contribution in [0.25, 0.3) is 0 Å². The summed E-state index contributed by atoms with van der Waals surface area (Å²) in [6.07, 6.45) is 7.01. The van der Waals surface area contributed by atoms with Gasteiger partial charge in [-0.3, -0.25) is 4.90 Å². The standard InChI is InChI=1S/C17H33N3/c1-4-16-10-18-17(2,15-7-8-15)13-20(16)12-14-6-5-9-19(3)11-14/h14-16,18H,4-13H2,1-3H3. The van der Waals surface area contributed by atoms with Gasteiger partial charge >= 0.3 is 0 Å². The van der Waals surface area contributed by atoms with Crippen molar-refractivity contribution < 1.29 is 0 Å². The van der Waals surface area contributed by atoms with Gasteiger partial charge in [-0.05, 0) is 64.5 Å². The van der Waals surface area contributed by atoms with Gasteiger partial charge in [-0.15, -0.1) is 0 Å². The molecule has 1 aliphatic carbocycles. The smallest absolute Gasteiger partial charge is 0.0309 e. The Labute approximate surface area is 125 Å². The van der Waals surface area contributed by atoms with Gasteiger partial charge in [-0.25, -0.2) is 0 Å². The van der Waals surface area contributed by atoms with Crippen molar-refractivity contribution in [2.75, 3.05) is 39.8 Å². The van der Waals surface area contributed by atoms with Crippen molar-refractivity contribution in [3.05, 3.63) is 0 Å². The zero-order valence-corrected chi connectivity index (χ0v) is 13.7. The average molecular weight is 279 g/mol. The minimum absolute atomic E-state index is 0.395. The number of nitrogens with zero attached hydrogens (tertiary/aromatic N) is 2. The monoisotopic (exact) mass is 279 g/mol. The second-order valence-electron chi connectivity index (χ2n) is 7.83. The third kappa shape index (κ3) is 3.20. The molecule has 0 amide bonds. The van der Waals surface area contributed by atoms with Crippen LogP contribution in [0.2, 0.25) is 0 Å². The fourth-order valence-electron chi connectivity index (χ4n) is 4.45. The predicted molar refractivity (Wildman–Crippen MR) is 85.0 cm³/mol. The lowest BCUT2D eigenvalue weighted by atomic mass is 9.88. The predicted octanol–water partition coefficient (Wildman–Crippen LogP) is 2.18. The second-order valence-corrected chi connectivity index (χ2v) is 7.83. The topological polar surface area (TPSA) is 18.5 Å². The molecule has 2 heterocycles. The highest BCUT2D eigenvalue weighted by Crippen LogP contribution is 2.41. The zero-order valence-electron chi connectivity index (χ0n) is 13.7. The first-order chi connectivity index (χ1) is 9.60. The van der Waals surface area contributed by atoms with E-state index in [4.69, 9.17) is 0 Å². The first-order valence-corrected chi connectivity index (χ1v) is 8.78. The van der Waals surface area contributed by atoms with Gasteiger partial charge < -0.3 is 10.2 Å². The van der Waals surface area contributed by atoms with E-state index in [0.717, 1.165) is 17.9 Å². The molecule has 3 rings (SSSR count). The van der Waals surface area contributed by atoms with Crippen LogP contribution in [-0.4, -0.2) is 61.2 Å². The molecule has 3 fully saturated rings. The van der Waals surface area contributed by atoms with Gasteiger partial charge in [0, 0.05) is 37.8 Å². The van der Waals surface area contributed by atoms with Gasteiger partial charge in [0.2, 0.25) is 0 Å². The van der Waals surface area contributed by atoms with E-state index in [-0.39, 0.29) is 0 Å². The van der Waals surface area contributed by atoms with Crippen molar-refractivity contribution in [2.45, 2.75) is 57.5 Å². The Hall–Kier alpha value is -0.120. The molecule has 2 aliphatic heterocycles. The van der Waals surface area contributed by atoms with Crippen LogP contribution in [0.4, 0.5) is 0 Å². The molecule has 0 bridgehead atoms. The van der Waals surface area contributed by atoms with Gasteiger partial charge in [-0.2, -0.15) is 0 Å². The summed E-state index contributed by atoms with van der Waals surface area (Å²) in [5, 5.41) is 3.88. The van der Waals surface area contributed by atoms with Crippen molar-refractivity contribution in [2.24, 2.45) is 11.8 Å². The van der Waals surface area contributed by atoms with Crippen LogP contribution in [0.3, 0.4) is 0 Å². The number of rotatable bonds is 4. The molecule has 0 aromatic carbocycles. The van der Waals surface area contributed by atoms with E-state index in [2.05, 4.69) is 36.0 Å². The molecule has 3 unspecified atom stereocenters. The first-order valence-electron chi connectivity index (χ1n) is 8.78. The third-order valence-corrected chi connectivity index (χ3v) is 5.95. The maximum atomic E-state index is 3.88. The van der Waals surface area contributed by atoms with Crippen LogP contribution < -0.4 is 5.32 Å². The summed E-state index contributed by atoms with van der Waals surface area (Å²) in [7, 11) is 2.29. The summed E-state index contributed by atoms with van der Waals surface area (Å²) in [6.45, 7) is 11.2. The highest BCUT2D eigenvalue weighted by Gasteiger charge is 2.45. The SMILES string of the molecule is CCC1CNC(C)(C2CC2)CN1CC1CCCN(C)C1. The lowest BCUT2D eigenvalue weighted by Crippen LogP contribution is -2.64. The fraction of sp³-hybridized carbons (Fsp3) is 1.00. The summed E-state index contributed by atoms with van der Waals surface area (Å²) in [5.74, 6) is 1.83. The number of hydrogen-bond donors (Lipinski definition) is 1. The van der Waals surface area contributed by atoms with Crippen molar-refractivity contribution in [1.29, 1.82) is 0 Å². The van der Waals surface area contributed by atoms with Gasteiger partial charge in [0.1, 0.15) is 0 Å².